The predicted octanol–water partition coefficient (Wildman–Crippen LogP) is 2.47. The molecular formula is C17H20FNO4. The number of carbonyl (C=O) groups excluding carboxylic acids is 2. The molecule has 0 unspecified atom stereocenters. The van der Waals surface area contributed by atoms with Crippen LogP contribution in [0.1, 0.15) is 41.6 Å². The Morgan fingerprint density at radius 1 is 1.35 bits per heavy atom. The average Bonchev–Trinajstić information content (AvgIpc) is 2.84. The molecule has 23 heavy (non-hydrogen) atoms. The molecule has 1 fully saturated rings. The van der Waals surface area contributed by atoms with E-state index in [0.29, 0.717) is 30.1 Å². The Morgan fingerprint density at radius 3 is 2.70 bits per heavy atom. The van der Waals surface area contributed by atoms with E-state index in [9.17, 15) is 19.1 Å². The first-order valence-electron chi connectivity index (χ1n) is 7.88. The minimum atomic E-state index is -0.697. The van der Waals surface area contributed by atoms with Gasteiger partial charge in [-0.05, 0) is 49.3 Å². The molecule has 5 nitrogen and oxygen atoms in total. The number of phenols is 1. The maximum Gasteiger partial charge on any atom is 0.308 e. The van der Waals surface area contributed by atoms with E-state index < -0.39 is 11.6 Å². The first-order chi connectivity index (χ1) is 11.0. The number of phenolic OH excluding ortho intramolecular Hbond substituents is 1. The van der Waals surface area contributed by atoms with E-state index in [1.54, 1.807) is 4.90 Å². The number of esters is 1. The number of halogens is 1. The number of rotatable bonds is 3. The van der Waals surface area contributed by atoms with Crippen LogP contribution >= 0.6 is 0 Å². The topological polar surface area (TPSA) is 66.8 Å². The Bertz CT molecular complexity index is 638. The molecule has 0 bridgehead atoms. The molecule has 1 aliphatic carbocycles. The van der Waals surface area contributed by atoms with E-state index in [-0.39, 0.29) is 17.8 Å². The van der Waals surface area contributed by atoms with Crippen molar-refractivity contribution >= 4 is 11.9 Å². The zero-order valence-electron chi connectivity index (χ0n) is 13.0. The lowest BCUT2D eigenvalue weighted by Crippen LogP contribution is -2.33. The zero-order chi connectivity index (χ0) is 16.6. The molecule has 2 aliphatic rings. The van der Waals surface area contributed by atoms with Crippen molar-refractivity contribution in [1.29, 1.82) is 0 Å². The van der Waals surface area contributed by atoms with Crippen LogP contribution in [0.3, 0.4) is 0 Å². The van der Waals surface area contributed by atoms with E-state index >= 15 is 0 Å². The van der Waals surface area contributed by atoms with E-state index in [2.05, 4.69) is 0 Å². The van der Waals surface area contributed by atoms with Crippen molar-refractivity contribution < 1.29 is 23.8 Å². The van der Waals surface area contributed by atoms with Crippen molar-refractivity contribution in [3.63, 3.8) is 0 Å². The van der Waals surface area contributed by atoms with Gasteiger partial charge >= 0.3 is 5.97 Å². The first-order valence-corrected chi connectivity index (χ1v) is 7.88. The number of fused-ring (bicyclic) bond motifs is 1. The summed E-state index contributed by atoms with van der Waals surface area (Å²) in [6, 6.07) is 2.44. The lowest BCUT2D eigenvalue weighted by atomic mass is 9.82. The van der Waals surface area contributed by atoms with Crippen molar-refractivity contribution in [2.75, 3.05) is 13.7 Å². The van der Waals surface area contributed by atoms with Gasteiger partial charge in [0.2, 0.25) is 0 Å². The van der Waals surface area contributed by atoms with Gasteiger partial charge in [-0.25, -0.2) is 4.39 Å². The Labute approximate surface area is 134 Å². The predicted molar refractivity (Wildman–Crippen MR) is 80.3 cm³/mol. The molecule has 1 saturated carbocycles. The van der Waals surface area contributed by atoms with Crippen LogP contribution < -0.4 is 0 Å². The van der Waals surface area contributed by atoms with Gasteiger partial charge in [0.25, 0.3) is 5.91 Å². The summed E-state index contributed by atoms with van der Waals surface area (Å²) in [6.45, 7) is 0.978. The van der Waals surface area contributed by atoms with Gasteiger partial charge in [0.05, 0.1) is 13.0 Å². The highest BCUT2D eigenvalue weighted by Gasteiger charge is 2.33. The number of hydrogen-bond acceptors (Lipinski definition) is 4. The molecule has 6 heteroatoms. The molecule has 124 valence electrons. The molecule has 1 amide bonds. The molecule has 1 N–H and O–H groups in total. The molecule has 0 saturated heterocycles. The highest BCUT2D eigenvalue weighted by Crippen LogP contribution is 2.33. The fourth-order valence-electron chi connectivity index (χ4n) is 3.59. The lowest BCUT2D eigenvalue weighted by Gasteiger charge is -2.30. The van der Waals surface area contributed by atoms with Crippen LogP contribution in [-0.4, -0.2) is 35.5 Å². The summed E-state index contributed by atoms with van der Waals surface area (Å²) in [5.41, 5.74) is 1.00. The van der Waals surface area contributed by atoms with Gasteiger partial charge in [0.15, 0.2) is 11.6 Å². The molecule has 0 radical (unpaired) electrons. The molecule has 1 aliphatic heterocycles. The second-order valence-electron chi connectivity index (χ2n) is 6.39. The normalized spacial score (nSPS) is 23.7. The van der Waals surface area contributed by atoms with Crippen LogP contribution in [0.5, 0.6) is 5.75 Å². The minimum Gasteiger partial charge on any atom is -0.505 e. The number of nitrogens with zero attached hydrogens (tertiary/aromatic N) is 1. The first kappa shape index (κ1) is 15.8. The second-order valence-corrected chi connectivity index (χ2v) is 6.39. The van der Waals surface area contributed by atoms with Gasteiger partial charge < -0.3 is 14.7 Å². The fraction of sp³-hybridized carbons (Fsp3) is 0.529. The number of benzene rings is 1. The number of aromatic hydroxyl groups is 1. The molecule has 3 rings (SSSR count). The zero-order valence-corrected chi connectivity index (χ0v) is 13.0. The van der Waals surface area contributed by atoms with Crippen LogP contribution in [0.15, 0.2) is 12.1 Å². The Morgan fingerprint density at radius 2 is 2.04 bits per heavy atom. The van der Waals surface area contributed by atoms with Crippen molar-refractivity contribution in [2.45, 2.75) is 32.2 Å². The molecular weight excluding hydrogens is 301 g/mol. The average molecular weight is 321 g/mol. The molecule has 0 spiro atoms. The summed E-state index contributed by atoms with van der Waals surface area (Å²) in [4.78, 5) is 25.6. The van der Waals surface area contributed by atoms with Crippen molar-refractivity contribution in [1.82, 2.24) is 4.90 Å². The van der Waals surface area contributed by atoms with Gasteiger partial charge in [0.1, 0.15) is 0 Å². The molecule has 1 aromatic carbocycles. The third-order valence-corrected chi connectivity index (χ3v) is 4.91. The molecule has 1 heterocycles. The summed E-state index contributed by atoms with van der Waals surface area (Å²) < 4.78 is 18.2. The Kier molecular flexibility index (Phi) is 4.24. The Hall–Kier alpha value is -2.11. The van der Waals surface area contributed by atoms with Crippen LogP contribution in [-0.2, 0) is 16.1 Å². The summed E-state index contributed by atoms with van der Waals surface area (Å²) >= 11 is 0. The van der Waals surface area contributed by atoms with Gasteiger partial charge in [-0.3, -0.25) is 9.59 Å². The van der Waals surface area contributed by atoms with Crippen molar-refractivity contribution in [3.8, 4) is 5.75 Å². The van der Waals surface area contributed by atoms with Crippen molar-refractivity contribution in [2.24, 2.45) is 11.8 Å². The fourth-order valence-corrected chi connectivity index (χ4v) is 3.59. The van der Waals surface area contributed by atoms with E-state index in [0.717, 1.165) is 25.7 Å². The summed E-state index contributed by atoms with van der Waals surface area (Å²) in [5, 5.41) is 9.42. The highest BCUT2D eigenvalue weighted by atomic mass is 19.1. The van der Waals surface area contributed by atoms with E-state index in [1.165, 1.54) is 19.2 Å². The maximum atomic E-state index is 13.4. The molecule has 1 aromatic rings. The number of amides is 1. The summed E-state index contributed by atoms with van der Waals surface area (Å²) in [5.74, 6) is -1.19. The standard InChI is InChI=1S/C17H20FNO4/c1-23-17(22)11-4-2-10(3-5-11)8-19-9-12-6-14(18)15(20)7-13(12)16(19)21/h6-7,10-11,20H,2-5,8-9H2,1H3. The van der Waals surface area contributed by atoms with Gasteiger partial charge in [-0.1, -0.05) is 0 Å². The van der Waals surface area contributed by atoms with Gasteiger partial charge in [-0.2, -0.15) is 0 Å². The summed E-state index contributed by atoms with van der Waals surface area (Å²) in [7, 11) is 1.41. The van der Waals surface area contributed by atoms with E-state index in [1.807, 2.05) is 0 Å². The third kappa shape index (κ3) is 3.02. The van der Waals surface area contributed by atoms with Crippen LogP contribution in [0.4, 0.5) is 4.39 Å². The quantitative estimate of drug-likeness (QED) is 0.869. The number of carbonyl (C=O) groups is 2. The summed E-state index contributed by atoms with van der Waals surface area (Å²) in [6.07, 6.45) is 3.31. The Balaban J connectivity index is 1.61. The second kappa shape index (κ2) is 6.18. The van der Waals surface area contributed by atoms with Gasteiger partial charge in [-0.15, -0.1) is 0 Å². The SMILES string of the molecule is COC(=O)C1CCC(CN2Cc3cc(F)c(O)cc3C2=O)CC1. The largest absolute Gasteiger partial charge is 0.505 e. The lowest BCUT2D eigenvalue weighted by molar-refractivity contribution is -0.146. The molecule has 0 aromatic heterocycles. The van der Waals surface area contributed by atoms with Gasteiger partial charge in [0, 0.05) is 18.7 Å². The van der Waals surface area contributed by atoms with Crippen LogP contribution in [0, 0.1) is 17.7 Å². The number of methoxy groups -OCH3 is 1. The third-order valence-electron chi connectivity index (χ3n) is 4.91. The number of ether oxygens (including phenoxy) is 1. The molecule has 0 atom stereocenters. The number of hydrogen-bond donors (Lipinski definition) is 1. The smallest absolute Gasteiger partial charge is 0.308 e. The van der Waals surface area contributed by atoms with Crippen molar-refractivity contribution in [3.05, 3.63) is 29.1 Å². The minimum absolute atomic E-state index is 0.0335. The van der Waals surface area contributed by atoms with Crippen LogP contribution in [0.25, 0.3) is 0 Å². The monoisotopic (exact) mass is 321 g/mol. The highest BCUT2D eigenvalue weighted by molar-refractivity contribution is 5.98. The van der Waals surface area contributed by atoms with Crippen LogP contribution in [0.2, 0.25) is 0 Å². The van der Waals surface area contributed by atoms with E-state index in [4.69, 9.17) is 4.74 Å². The maximum absolute atomic E-state index is 13.4.